The Morgan fingerprint density at radius 2 is 2.00 bits per heavy atom. The first-order valence-electron chi connectivity index (χ1n) is 6.89. The lowest BCUT2D eigenvalue weighted by atomic mass is 9.95. The van der Waals surface area contributed by atoms with E-state index in [0.717, 1.165) is 29.1 Å². The maximum Gasteiger partial charge on any atom is 0.256 e. The molecule has 1 unspecified atom stereocenters. The first-order chi connectivity index (χ1) is 9.65. The zero-order valence-electron chi connectivity index (χ0n) is 11.6. The number of benzene rings is 1. The predicted molar refractivity (Wildman–Crippen MR) is 81.4 cm³/mol. The molecule has 4 heteroatoms. The Balaban J connectivity index is 1.84. The quantitative estimate of drug-likeness (QED) is 0.806. The number of nitrogens with zero attached hydrogens (tertiary/aromatic N) is 1. The molecule has 102 valence electrons. The van der Waals surface area contributed by atoms with Crippen molar-refractivity contribution in [2.45, 2.75) is 33.0 Å². The minimum absolute atomic E-state index is 0.0856. The third-order valence-corrected chi connectivity index (χ3v) is 5.65. The van der Waals surface area contributed by atoms with Crippen molar-refractivity contribution in [1.29, 1.82) is 0 Å². The second kappa shape index (κ2) is 4.09. The van der Waals surface area contributed by atoms with Gasteiger partial charge in [0.2, 0.25) is 0 Å². The van der Waals surface area contributed by atoms with Gasteiger partial charge in [-0.3, -0.25) is 4.79 Å². The van der Waals surface area contributed by atoms with E-state index in [1.807, 2.05) is 6.92 Å². The highest BCUT2D eigenvalue weighted by atomic mass is 32.1. The van der Waals surface area contributed by atoms with Gasteiger partial charge in [0.1, 0.15) is 11.2 Å². The van der Waals surface area contributed by atoms with Gasteiger partial charge in [0, 0.05) is 17.8 Å². The van der Waals surface area contributed by atoms with Crippen molar-refractivity contribution in [2.75, 3.05) is 4.90 Å². The normalized spacial score (nSPS) is 20.0. The number of thiophene rings is 1. The fourth-order valence-electron chi connectivity index (χ4n) is 3.17. The van der Waals surface area contributed by atoms with Gasteiger partial charge in [-0.25, -0.2) is 0 Å². The van der Waals surface area contributed by atoms with Crippen molar-refractivity contribution in [2.24, 2.45) is 0 Å². The van der Waals surface area contributed by atoms with Crippen molar-refractivity contribution >= 4 is 22.2 Å². The molecule has 3 heterocycles. The van der Waals surface area contributed by atoms with E-state index in [1.165, 1.54) is 16.0 Å². The van der Waals surface area contributed by atoms with Crippen LogP contribution in [0, 0.1) is 13.8 Å². The smallest absolute Gasteiger partial charge is 0.256 e. The summed E-state index contributed by atoms with van der Waals surface area (Å²) in [6.07, 6.45) is 0.986. The van der Waals surface area contributed by atoms with Crippen molar-refractivity contribution in [1.82, 2.24) is 5.32 Å². The molecule has 0 aliphatic carbocycles. The van der Waals surface area contributed by atoms with Crippen LogP contribution in [0.4, 0.5) is 5.00 Å². The summed E-state index contributed by atoms with van der Waals surface area (Å²) in [5.74, 6) is 0.0856. The number of hydrogen-bond acceptors (Lipinski definition) is 3. The number of nitrogens with one attached hydrogen (secondary N) is 1. The van der Waals surface area contributed by atoms with Gasteiger partial charge in [-0.2, -0.15) is 0 Å². The maximum absolute atomic E-state index is 12.4. The number of carbonyl (C=O) groups excluding carboxylic acids is 1. The number of rotatable bonds is 0. The Bertz CT molecular complexity index is 719. The van der Waals surface area contributed by atoms with E-state index in [1.54, 1.807) is 11.3 Å². The van der Waals surface area contributed by atoms with Crippen LogP contribution in [-0.4, -0.2) is 12.1 Å². The largest absolute Gasteiger partial charge is 0.338 e. The second-order valence-corrected chi connectivity index (χ2v) is 6.76. The van der Waals surface area contributed by atoms with E-state index >= 15 is 0 Å². The van der Waals surface area contributed by atoms with Gasteiger partial charge in [-0.15, -0.1) is 11.3 Å². The van der Waals surface area contributed by atoms with Crippen molar-refractivity contribution < 1.29 is 4.79 Å². The molecule has 0 radical (unpaired) electrons. The van der Waals surface area contributed by atoms with Crippen LogP contribution in [0.1, 0.15) is 31.9 Å². The van der Waals surface area contributed by atoms with E-state index in [-0.39, 0.29) is 12.1 Å². The summed E-state index contributed by atoms with van der Waals surface area (Å²) in [4.78, 5) is 15.9. The highest BCUT2D eigenvalue weighted by molar-refractivity contribution is 7.16. The zero-order chi connectivity index (χ0) is 13.9. The standard InChI is InChI=1S/C16H16N2OS/c1-9-10(2)20-16-14(9)15(19)17-13-7-11-5-3-4-6-12(11)8-18(13)16/h3-6,13H,7-8H2,1-2H3,(H,17,19). The fourth-order valence-corrected chi connectivity index (χ4v) is 4.37. The van der Waals surface area contributed by atoms with Gasteiger partial charge in [-0.05, 0) is 30.5 Å². The molecule has 0 spiro atoms. The molecule has 2 aromatic rings. The molecule has 0 saturated carbocycles. The van der Waals surface area contributed by atoms with Crippen LogP contribution in [-0.2, 0) is 13.0 Å². The Morgan fingerprint density at radius 1 is 1.25 bits per heavy atom. The van der Waals surface area contributed by atoms with Gasteiger partial charge < -0.3 is 10.2 Å². The van der Waals surface area contributed by atoms with Gasteiger partial charge >= 0.3 is 0 Å². The minimum atomic E-state index is 0.0856. The number of amides is 1. The van der Waals surface area contributed by atoms with E-state index in [9.17, 15) is 4.79 Å². The number of fused-ring (bicyclic) bond motifs is 4. The molecule has 1 aromatic carbocycles. The van der Waals surface area contributed by atoms with E-state index in [2.05, 4.69) is 41.4 Å². The highest BCUT2D eigenvalue weighted by Gasteiger charge is 2.37. The van der Waals surface area contributed by atoms with Crippen LogP contribution in [0.2, 0.25) is 0 Å². The maximum atomic E-state index is 12.4. The Labute approximate surface area is 122 Å². The monoisotopic (exact) mass is 284 g/mol. The first kappa shape index (κ1) is 12.0. The molecule has 1 aromatic heterocycles. The van der Waals surface area contributed by atoms with Gasteiger partial charge in [0.05, 0.1) is 5.56 Å². The summed E-state index contributed by atoms with van der Waals surface area (Å²) in [6, 6.07) is 8.52. The van der Waals surface area contributed by atoms with Crippen LogP contribution < -0.4 is 10.2 Å². The summed E-state index contributed by atoms with van der Waals surface area (Å²) in [5.41, 5.74) is 4.72. The molecule has 20 heavy (non-hydrogen) atoms. The fraction of sp³-hybridized carbons (Fsp3) is 0.312. The van der Waals surface area contributed by atoms with Crippen molar-refractivity contribution in [3.63, 3.8) is 0 Å². The molecule has 3 nitrogen and oxygen atoms in total. The highest BCUT2D eigenvalue weighted by Crippen LogP contribution is 2.41. The molecule has 0 saturated heterocycles. The number of aryl methyl sites for hydroxylation is 1. The SMILES string of the molecule is Cc1sc2c(c1C)C(=O)NC1Cc3ccccc3CN21. The summed E-state index contributed by atoms with van der Waals surface area (Å²) in [5, 5.41) is 4.31. The molecule has 0 bridgehead atoms. The van der Waals surface area contributed by atoms with E-state index < -0.39 is 0 Å². The van der Waals surface area contributed by atoms with Gasteiger partial charge in [0.15, 0.2) is 0 Å². The predicted octanol–water partition coefficient (Wildman–Crippen LogP) is 3.00. The molecule has 0 fully saturated rings. The first-order valence-corrected chi connectivity index (χ1v) is 7.71. The summed E-state index contributed by atoms with van der Waals surface area (Å²) >= 11 is 1.75. The number of hydrogen-bond donors (Lipinski definition) is 1. The van der Waals surface area contributed by atoms with Crippen LogP contribution in [0.3, 0.4) is 0 Å². The molecule has 1 N–H and O–H groups in total. The van der Waals surface area contributed by atoms with Gasteiger partial charge in [0.25, 0.3) is 5.91 Å². The molecular formula is C16H16N2OS. The average Bonchev–Trinajstić information content (AvgIpc) is 2.74. The lowest BCUT2D eigenvalue weighted by molar-refractivity contribution is 0.0925. The Kier molecular flexibility index (Phi) is 2.45. The van der Waals surface area contributed by atoms with E-state index in [4.69, 9.17) is 0 Å². The van der Waals surface area contributed by atoms with Crippen molar-refractivity contribution in [3.8, 4) is 0 Å². The third-order valence-electron chi connectivity index (χ3n) is 4.40. The second-order valence-electron chi connectivity index (χ2n) is 5.55. The van der Waals surface area contributed by atoms with E-state index in [0.29, 0.717) is 0 Å². The molecular weight excluding hydrogens is 268 g/mol. The molecule has 2 aliphatic heterocycles. The lowest BCUT2D eigenvalue weighted by Crippen LogP contribution is -2.55. The summed E-state index contributed by atoms with van der Waals surface area (Å²) < 4.78 is 0. The molecule has 2 aliphatic rings. The van der Waals surface area contributed by atoms with Gasteiger partial charge in [-0.1, -0.05) is 24.3 Å². The summed E-state index contributed by atoms with van der Waals surface area (Å²) in [7, 11) is 0. The zero-order valence-corrected chi connectivity index (χ0v) is 12.4. The summed E-state index contributed by atoms with van der Waals surface area (Å²) in [6.45, 7) is 5.02. The Morgan fingerprint density at radius 3 is 2.80 bits per heavy atom. The lowest BCUT2D eigenvalue weighted by Gasteiger charge is -2.41. The number of carbonyl (C=O) groups is 1. The Hall–Kier alpha value is -1.81. The van der Waals surface area contributed by atoms with Crippen LogP contribution in [0.15, 0.2) is 24.3 Å². The van der Waals surface area contributed by atoms with Crippen LogP contribution in [0.25, 0.3) is 0 Å². The molecule has 4 rings (SSSR count). The minimum Gasteiger partial charge on any atom is -0.338 e. The third kappa shape index (κ3) is 1.54. The molecule has 1 atom stereocenters. The topological polar surface area (TPSA) is 32.3 Å². The van der Waals surface area contributed by atoms with Crippen LogP contribution in [0.5, 0.6) is 0 Å². The van der Waals surface area contributed by atoms with Crippen molar-refractivity contribution in [3.05, 3.63) is 51.4 Å². The number of anilines is 1. The molecule has 1 amide bonds. The van der Waals surface area contributed by atoms with Crippen LogP contribution >= 0.6 is 11.3 Å². The average molecular weight is 284 g/mol.